The Labute approximate surface area is 287 Å². The van der Waals surface area contributed by atoms with Crippen LogP contribution in [0.25, 0.3) is 75.1 Å². The molecule has 2 nitrogen and oxygen atoms in total. The third kappa shape index (κ3) is 4.62. The summed E-state index contributed by atoms with van der Waals surface area (Å²) in [4.78, 5) is 2.38. The SMILES string of the molecule is c1ccc(-c2ccc(N(c3cccc(-c4cccc5c4oc4ccccc45)c3)c3ccc4ccc5sc6ccccc6c5c4c3)cc2)cc1. The summed E-state index contributed by atoms with van der Waals surface area (Å²) in [7, 11) is 0. The van der Waals surface area contributed by atoms with E-state index < -0.39 is 0 Å². The van der Waals surface area contributed by atoms with Gasteiger partial charge in [-0.1, -0.05) is 121 Å². The molecule has 0 saturated heterocycles. The predicted octanol–water partition coefficient (Wildman–Crippen LogP) is 13.9. The Bertz CT molecular complexity index is 2830. The van der Waals surface area contributed by atoms with Gasteiger partial charge in [0.15, 0.2) is 0 Å². The molecule has 0 saturated carbocycles. The summed E-state index contributed by atoms with van der Waals surface area (Å²) < 4.78 is 9.09. The number of nitrogens with zero attached hydrogens (tertiary/aromatic N) is 1. The molecule has 2 heterocycles. The molecule has 0 aliphatic rings. The number of fused-ring (bicyclic) bond motifs is 8. The highest BCUT2D eigenvalue weighted by molar-refractivity contribution is 7.26. The summed E-state index contributed by atoms with van der Waals surface area (Å²) in [6.07, 6.45) is 0. The maximum atomic E-state index is 6.47. The molecule has 0 N–H and O–H groups in total. The molecule has 0 amide bonds. The lowest BCUT2D eigenvalue weighted by molar-refractivity contribution is 0.670. The van der Waals surface area contributed by atoms with Crippen molar-refractivity contribution in [3.05, 3.63) is 176 Å². The van der Waals surface area contributed by atoms with Gasteiger partial charge < -0.3 is 9.32 Å². The van der Waals surface area contributed by atoms with Crippen LogP contribution < -0.4 is 4.90 Å². The van der Waals surface area contributed by atoms with E-state index in [9.17, 15) is 0 Å². The van der Waals surface area contributed by atoms with Gasteiger partial charge in [0.05, 0.1) is 0 Å². The highest BCUT2D eigenvalue weighted by atomic mass is 32.1. The number of para-hydroxylation sites is 2. The van der Waals surface area contributed by atoms with Crippen LogP contribution in [0.15, 0.2) is 180 Å². The molecule has 10 aromatic rings. The first-order valence-electron chi connectivity index (χ1n) is 16.6. The van der Waals surface area contributed by atoms with E-state index in [4.69, 9.17) is 4.42 Å². The van der Waals surface area contributed by atoms with Gasteiger partial charge in [-0.2, -0.15) is 0 Å². The number of hydrogen-bond donors (Lipinski definition) is 0. The van der Waals surface area contributed by atoms with E-state index in [2.05, 4.69) is 169 Å². The molecule has 0 radical (unpaired) electrons. The van der Waals surface area contributed by atoms with E-state index in [1.807, 2.05) is 23.5 Å². The van der Waals surface area contributed by atoms with Crippen LogP contribution in [0.3, 0.4) is 0 Å². The Morgan fingerprint density at radius 2 is 1.08 bits per heavy atom. The van der Waals surface area contributed by atoms with Gasteiger partial charge in [0.25, 0.3) is 0 Å². The number of anilines is 3. The summed E-state index contributed by atoms with van der Waals surface area (Å²) in [6, 6.07) is 63.2. The molecule has 49 heavy (non-hydrogen) atoms. The molecule has 3 heteroatoms. The second-order valence-electron chi connectivity index (χ2n) is 12.5. The number of thiophene rings is 1. The van der Waals surface area contributed by atoms with Crippen molar-refractivity contribution in [2.24, 2.45) is 0 Å². The highest BCUT2D eigenvalue weighted by Crippen LogP contribution is 2.43. The first-order chi connectivity index (χ1) is 24.3. The van der Waals surface area contributed by atoms with Gasteiger partial charge >= 0.3 is 0 Å². The van der Waals surface area contributed by atoms with Crippen molar-refractivity contribution in [2.75, 3.05) is 4.90 Å². The number of furan rings is 1. The Hall–Kier alpha value is -6.16. The first kappa shape index (κ1) is 27.9. The van der Waals surface area contributed by atoms with Gasteiger partial charge in [0.1, 0.15) is 11.2 Å². The third-order valence-corrected chi connectivity index (χ3v) is 10.8. The average molecular weight is 644 g/mol. The maximum Gasteiger partial charge on any atom is 0.143 e. The fourth-order valence-electron chi connectivity index (χ4n) is 7.34. The second kappa shape index (κ2) is 11.2. The lowest BCUT2D eigenvalue weighted by atomic mass is 10.00. The largest absolute Gasteiger partial charge is 0.455 e. The topological polar surface area (TPSA) is 16.4 Å². The monoisotopic (exact) mass is 643 g/mol. The minimum atomic E-state index is 0.907. The van der Waals surface area contributed by atoms with Crippen LogP contribution in [0.2, 0.25) is 0 Å². The van der Waals surface area contributed by atoms with E-state index >= 15 is 0 Å². The van der Waals surface area contributed by atoms with Crippen molar-refractivity contribution in [3.63, 3.8) is 0 Å². The van der Waals surface area contributed by atoms with Crippen LogP contribution in [0.1, 0.15) is 0 Å². The van der Waals surface area contributed by atoms with Crippen LogP contribution in [0.4, 0.5) is 17.1 Å². The van der Waals surface area contributed by atoms with Gasteiger partial charge in [-0.3, -0.25) is 0 Å². The van der Waals surface area contributed by atoms with E-state index in [0.29, 0.717) is 0 Å². The van der Waals surface area contributed by atoms with Crippen molar-refractivity contribution in [3.8, 4) is 22.3 Å². The van der Waals surface area contributed by atoms with Crippen LogP contribution in [0, 0.1) is 0 Å². The summed E-state index contributed by atoms with van der Waals surface area (Å²) in [6.45, 7) is 0. The van der Waals surface area contributed by atoms with Crippen LogP contribution in [-0.2, 0) is 0 Å². The van der Waals surface area contributed by atoms with Crippen molar-refractivity contribution < 1.29 is 4.42 Å². The zero-order chi connectivity index (χ0) is 32.3. The average Bonchev–Trinajstić information content (AvgIpc) is 3.75. The van der Waals surface area contributed by atoms with Gasteiger partial charge in [0.2, 0.25) is 0 Å². The second-order valence-corrected chi connectivity index (χ2v) is 13.6. The molecule has 0 aliphatic carbocycles. The number of rotatable bonds is 5. The molecular formula is C46H29NOS. The van der Waals surface area contributed by atoms with E-state index in [0.717, 1.165) is 50.1 Å². The fourth-order valence-corrected chi connectivity index (χ4v) is 8.46. The van der Waals surface area contributed by atoms with Gasteiger partial charge in [-0.15, -0.1) is 11.3 Å². The lowest BCUT2D eigenvalue weighted by Crippen LogP contribution is -2.10. The van der Waals surface area contributed by atoms with Crippen molar-refractivity contribution in [1.29, 1.82) is 0 Å². The molecular weight excluding hydrogens is 615 g/mol. The highest BCUT2D eigenvalue weighted by Gasteiger charge is 2.18. The smallest absolute Gasteiger partial charge is 0.143 e. The molecule has 8 aromatic carbocycles. The van der Waals surface area contributed by atoms with Gasteiger partial charge in [0, 0.05) is 53.6 Å². The maximum absolute atomic E-state index is 6.47. The molecule has 0 fully saturated rings. The Morgan fingerprint density at radius 3 is 1.98 bits per heavy atom. The molecule has 2 aromatic heterocycles. The Balaban J connectivity index is 1.17. The summed E-state index contributed by atoms with van der Waals surface area (Å²) in [5.41, 5.74) is 9.71. The van der Waals surface area contributed by atoms with E-state index in [1.54, 1.807) is 0 Å². The molecule has 0 spiro atoms. The van der Waals surface area contributed by atoms with Crippen molar-refractivity contribution in [2.45, 2.75) is 0 Å². The van der Waals surface area contributed by atoms with Crippen LogP contribution in [-0.4, -0.2) is 0 Å². The third-order valence-electron chi connectivity index (χ3n) is 9.65. The standard InChI is InChI=1S/C46H29NOS/c1-2-10-30(11-3-1)31-20-24-34(25-21-31)47(36-26-22-32-23-27-44-45(41(32)29-36)40-15-5-7-19-43(40)49-44)35-13-8-12-33(28-35)37-16-9-17-39-38-14-4-6-18-42(38)48-46(37)39/h1-29H. The summed E-state index contributed by atoms with van der Waals surface area (Å²) in [5, 5.41) is 7.41. The normalized spacial score (nSPS) is 11.7. The minimum absolute atomic E-state index is 0.907. The Kier molecular flexibility index (Phi) is 6.39. The molecule has 10 rings (SSSR count). The zero-order valence-corrected chi connectivity index (χ0v) is 27.3. The zero-order valence-electron chi connectivity index (χ0n) is 26.5. The van der Waals surface area contributed by atoms with Crippen molar-refractivity contribution >= 4 is 81.3 Å². The summed E-state index contributed by atoms with van der Waals surface area (Å²) >= 11 is 1.86. The molecule has 0 aliphatic heterocycles. The Morgan fingerprint density at radius 1 is 0.408 bits per heavy atom. The summed E-state index contributed by atoms with van der Waals surface area (Å²) in [5.74, 6) is 0. The van der Waals surface area contributed by atoms with E-state index in [-0.39, 0.29) is 0 Å². The number of benzene rings is 8. The van der Waals surface area contributed by atoms with Gasteiger partial charge in [-0.05, 0) is 82.1 Å². The molecule has 0 atom stereocenters. The molecule has 230 valence electrons. The fraction of sp³-hybridized carbons (Fsp3) is 0. The number of hydrogen-bond acceptors (Lipinski definition) is 3. The lowest BCUT2D eigenvalue weighted by Gasteiger charge is -2.27. The quantitative estimate of drug-likeness (QED) is 0.186. The predicted molar refractivity (Wildman–Crippen MR) is 210 cm³/mol. The first-order valence-corrected chi connectivity index (χ1v) is 17.4. The van der Waals surface area contributed by atoms with E-state index in [1.165, 1.54) is 42.1 Å². The minimum Gasteiger partial charge on any atom is -0.455 e. The van der Waals surface area contributed by atoms with Gasteiger partial charge in [-0.25, -0.2) is 0 Å². The van der Waals surface area contributed by atoms with Crippen LogP contribution in [0.5, 0.6) is 0 Å². The van der Waals surface area contributed by atoms with Crippen molar-refractivity contribution in [1.82, 2.24) is 0 Å². The van der Waals surface area contributed by atoms with Crippen LogP contribution >= 0.6 is 11.3 Å². The molecule has 0 unspecified atom stereocenters. The molecule has 0 bridgehead atoms.